The summed E-state index contributed by atoms with van der Waals surface area (Å²) in [4.78, 5) is 14.4. The lowest BCUT2D eigenvalue weighted by molar-refractivity contribution is -1.29. The molecule has 2 aromatic heterocycles. The summed E-state index contributed by atoms with van der Waals surface area (Å²) in [5.41, 5.74) is 0.196. The molecule has 0 atom stereocenters. The fourth-order valence-corrected chi connectivity index (χ4v) is 6.23. The minimum absolute atomic E-state index is 0.196. The molecule has 4 aliphatic rings. The molecule has 6 heterocycles. The molecule has 4 aliphatic heterocycles. The molecule has 0 saturated carbocycles. The van der Waals surface area contributed by atoms with Gasteiger partial charge in [-0.25, -0.2) is 14.7 Å². The molecule has 3 N–H and O–H groups in total. The fraction of sp³-hybridized carbons (Fsp3) is 0.438. The standard InChI is InChI=1S/C16H18N4S2/c1-2-14(21-5-1)15-4-3-13(22-15)6-17-16-7-18-10-19(8-16)12-20(9-16)11-18/h1-6H,7-12H2/p+3. The van der Waals surface area contributed by atoms with Gasteiger partial charge in [0.05, 0.1) is 0 Å². The summed E-state index contributed by atoms with van der Waals surface area (Å²) in [6.07, 6.45) is 2.15. The normalized spacial score (nSPS) is 36.5. The number of thiophene rings is 2. The van der Waals surface area contributed by atoms with Crippen molar-refractivity contribution in [3.05, 3.63) is 34.5 Å². The van der Waals surface area contributed by atoms with Gasteiger partial charge in [-0.1, -0.05) is 6.07 Å². The third-order valence-electron chi connectivity index (χ3n) is 5.09. The van der Waals surface area contributed by atoms with Crippen molar-refractivity contribution in [2.45, 2.75) is 5.54 Å². The molecule has 4 saturated heterocycles. The fourth-order valence-electron chi connectivity index (χ4n) is 4.52. The summed E-state index contributed by atoms with van der Waals surface area (Å²) in [5, 5.41) is 2.14. The molecular weight excluding hydrogens is 312 g/mol. The Labute approximate surface area is 138 Å². The number of quaternary nitrogens is 3. The number of nitrogens with one attached hydrogen (secondary N) is 3. The van der Waals surface area contributed by atoms with Crippen molar-refractivity contribution >= 4 is 28.9 Å². The maximum absolute atomic E-state index is 5.11. The van der Waals surface area contributed by atoms with Crippen LogP contribution in [0.3, 0.4) is 0 Å². The molecule has 6 rings (SSSR count). The summed E-state index contributed by atoms with van der Waals surface area (Å²) >= 11 is 3.67. The lowest BCUT2D eigenvalue weighted by Gasteiger charge is -2.50. The lowest BCUT2D eigenvalue weighted by atomic mass is 9.92. The second kappa shape index (κ2) is 4.97. The highest BCUT2D eigenvalue weighted by molar-refractivity contribution is 7.22. The maximum atomic E-state index is 5.11. The van der Waals surface area contributed by atoms with Crippen LogP contribution in [0.25, 0.3) is 9.75 Å². The minimum Gasteiger partial charge on any atom is -0.267 e. The van der Waals surface area contributed by atoms with Gasteiger partial charge in [-0.05, 0) is 23.6 Å². The second-order valence-electron chi connectivity index (χ2n) is 6.97. The van der Waals surface area contributed by atoms with Gasteiger partial charge in [0.1, 0.15) is 19.6 Å². The smallest absolute Gasteiger partial charge is 0.213 e. The summed E-state index contributed by atoms with van der Waals surface area (Å²) in [7, 11) is 0. The molecule has 6 heteroatoms. The van der Waals surface area contributed by atoms with Gasteiger partial charge in [-0.3, -0.25) is 4.99 Å². The Morgan fingerprint density at radius 2 is 1.68 bits per heavy atom. The number of hydrogen-bond donors (Lipinski definition) is 3. The van der Waals surface area contributed by atoms with Gasteiger partial charge in [0.25, 0.3) is 0 Å². The van der Waals surface area contributed by atoms with Crippen LogP contribution >= 0.6 is 22.7 Å². The highest BCUT2D eigenvalue weighted by atomic mass is 32.1. The van der Waals surface area contributed by atoms with Crippen LogP contribution in [0.4, 0.5) is 0 Å². The van der Waals surface area contributed by atoms with Gasteiger partial charge >= 0.3 is 0 Å². The van der Waals surface area contributed by atoms with E-state index in [0.717, 1.165) is 0 Å². The molecule has 0 aromatic carbocycles. The van der Waals surface area contributed by atoms with Crippen molar-refractivity contribution in [3.8, 4) is 9.75 Å². The van der Waals surface area contributed by atoms with Crippen LogP contribution in [0.2, 0.25) is 0 Å². The molecule has 0 amide bonds. The quantitative estimate of drug-likeness (QED) is 0.553. The van der Waals surface area contributed by atoms with Gasteiger partial charge in [0.15, 0.2) is 0 Å². The Balaban J connectivity index is 1.38. The molecule has 22 heavy (non-hydrogen) atoms. The third-order valence-corrected chi connectivity index (χ3v) is 7.18. The van der Waals surface area contributed by atoms with E-state index >= 15 is 0 Å². The zero-order valence-electron chi connectivity index (χ0n) is 12.5. The lowest BCUT2D eigenvalue weighted by Crippen LogP contribution is -3.56. The first-order chi connectivity index (χ1) is 10.8. The van der Waals surface area contributed by atoms with Crippen molar-refractivity contribution in [1.29, 1.82) is 0 Å². The molecule has 0 radical (unpaired) electrons. The Morgan fingerprint density at radius 3 is 2.32 bits per heavy atom. The van der Waals surface area contributed by atoms with E-state index in [2.05, 4.69) is 35.9 Å². The molecule has 4 fully saturated rings. The van der Waals surface area contributed by atoms with Crippen LogP contribution in [0, 0.1) is 0 Å². The van der Waals surface area contributed by atoms with Crippen LogP contribution < -0.4 is 14.7 Å². The molecule has 0 aliphatic carbocycles. The van der Waals surface area contributed by atoms with Gasteiger partial charge < -0.3 is 0 Å². The van der Waals surface area contributed by atoms with E-state index in [1.54, 1.807) is 14.7 Å². The van der Waals surface area contributed by atoms with Gasteiger partial charge in [-0.15, -0.1) is 22.7 Å². The average molecular weight is 334 g/mol. The molecule has 2 aromatic rings. The number of nitrogens with zero attached hydrogens (tertiary/aromatic N) is 1. The van der Waals surface area contributed by atoms with Crippen LogP contribution in [0.5, 0.6) is 0 Å². The molecule has 4 nitrogen and oxygen atoms in total. The largest absolute Gasteiger partial charge is 0.267 e. The predicted molar refractivity (Wildman–Crippen MR) is 90.0 cm³/mol. The van der Waals surface area contributed by atoms with Gasteiger partial charge in [0, 0.05) is 20.8 Å². The highest BCUT2D eigenvalue weighted by Crippen LogP contribution is 2.30. The van der Waals surface area contributed by atoms with E-state index in [9.17, 15) is 0 Å². The SMILES string of the molecule is C(=NC12C[NH+]3C[NH+](C[NH+](C3)C1)C2)c1ccc(-c2cccs2)s1. The minimum atomic E-state index is 0.196. The summed E-state index contributed by atoms with van der Waals surface area (Å²) < 4.78 is 0. The summed E-state index contributed by atoms with van der Waals surface area (Å²) in [6, 6.07) is 8.77. The van der Waals surface area contributed by atoms with Crippen molar-refractivity contribution in [3.63, 3.8) is 0 Å². The summed E-state index contributed by atoms with van der Waals surface area (Å²) in [6.45, 7) is 7.63. The molecule has 0 unspecified atom stereocenters. The molecule has 114 valence electrons. The van der Waals surface area contributed by atoms with E-state index < -0.39 is 0 Å². The van der Waals surface area contributed by atoms with Gasteiger partial charge in [0.2, 0.25) is 25.5 Å². The van der Waals surface area contributed by atoms with Gasteiger partial charge in [-0.2, -0.15) is 0 Å². The monoisotopic (exact) mass is 333 g/mol. The first-order valence-electron chi connectivity index (χ1n) is 7.98. The average Bonchev–Trinajstić information content (AvgIpc) is 3.15. The number of rotatable bonds is 3. The molecular formula is C16H21N4S2+3. The van der Waals surface area contributed by atoms with Crippen molar-refractivity contribution < 1.29 is 14.7 Å². The number of hydrogen-bond acceptors (Lipinski definition) is 3. The number of aliphatic imine (C=N–C) groups is 1. The zero-order valence-corrected chi connectivity index (χ0v) is 14.1. The summed E-state index contributed by atoms with van der Waals surface area (Å²) in [5.74, 6) is 0. The zero-order chi connectivity index (χ0) is 14.6. The van der Waals surface area contributed by atoms with Crippen LogP contribution in [0.1, 0.15) is 4.88 Å². The Kier molecular flexibility index (Phi) is 3.03. The van der Waals surface area contributed by atoms with Crippen LogP contribution in [-0.4, -0.2) is 51.4 Å². The van der Waals surface area contributed by atoms with Crippen molar-refractivity contribution in [2.75, 3.05) is 39.6 Å². The Hall–Kier alpha value is -1.05. The second-order valence-corrected chi connectivity index (χ2v) is 9.04. The van der Waals surface area contributed by atoms with E-state index in [4.69, 9.17) is 4.99 Å². The van der Waals surface area contributed by atoms with E-state index in [1.165, 1.54) is 54.3 Å². The van der Waals surface area contributed by atoms with E-state index in [0.29, 0.717) is 0 Å². The first-order valence-corrected chi connectivity index (χ1v) is 9.67. The van der Waals surface area contributed by atoms with Crippen LogP contribution in [0.15, 0.2) is 34.6 Å². The molecule has 0 spiro atoms. The first kappa shape index (κ1) is 13.4. The van der Waals surface area contributed by atoms with Crippen molar-refractivity contribution in [2.24, 2.45) is 4.99 Å². The topological polar surface area (TPSA) is 25.7 Å². The highest BCUT2D eigenvalue weighted by Gasteiger charge is 2.57. The molecule has 4 bridgehead atoms. The third kappa shape index (κ3) is 2.26. The van der Waals surface area contributed by atoms with E-state index in [-0.39, 0.29) is 5.54 Å². The maximum Gasteiger partial charge on any atom is 0.213 e. The Morgan fingerprint density at radius 1 is 0.955 bits per heavy atom. The van der Waals surface area contributed by atoms with Crippen LogP contribution in [-0.2, 0) is 0 Å². The van der Waals surface area contributed by atoms with Crippen molar-refractivity contribution in [1.82, 2.24) is 0 Å². The Bertz CT molecular complexity index is 668. The predicted octanol–water partition coefficient (Wildman–Crippen LogP) is -1.80. The van der Waals surface area contributed by atoms with E-state index in [1.807, 2.05) is 22.7 Å².